The van der Waals surface area contributed by atoms with Crippen molar-refractivity contribution in [1.29, 1.82) is 5.26 Å². The van der Waals surface area contributed by atoms with Gasteiger partial charge < -0.3 is 9.15 Å². The van der Waals surface area contributed by atoms with Gasteiger partial charge in [0.25, 0.3) is 11.8 Å². The van der Waals surface area contributed by atoms with Gasteiger partial charge in [0.1, 0.15) is 23.3 Å². The van der Waals surface area contributed by atoms with Crippen molar-refractivity contribution in [3.63, 3.8) is 0 Å². The molecular formula is C14H11N3O5. The first-order chi connectivity index (χ1) is 10.5. The van der Waals surface area contributed by atoms with Gasteiger partial charge in [-0.1, -0.05) is 0 Å². The fourth-order valence-electron chi connectivity index (χ4n) is 1.70. The highest BCUT2D eigenvalue weighted by Crippen LogP contribution is 2.20. The summed E-state index contributed by atoms with van der Waals surface area (Å²) in [6, 6.07) is 7.72. The first-order valence-electron chi connectivity index (χ1n) is 6.13. The Balaban J connectivity index is 2.28. The van der Waals surface area contributed by atoms with E-state index >= 15 is 0 Å². The Bertz CT molecular complexity index is 834. The molecule has 0 aliphatic carbocycles. The van der Waals surface area contributed by atoms with E-state index in [-0.39, 0.29) is 5.56 Å². The third kappa shape index (κ3) is 3.21. The third-order valence-corrected chi connectivity index (χ3v) is 2.74. The van der Waals surface area contributed by atoms with Crippen LogP contribution in [0.15, 0.2) is 33.5 Å². The smallest absolute Gasteiger partial charge is 0.349 e. The van der Waals surface area contributed by atoms with Gasteiger partial charge in [0.15, 0.2) is 0 Å². The zero-order chi connectivity index (χ0) is 16.1. The molecule has 0 unspecified atom stereocenters. The largest absolute Gasteiger partial charge is 0.497 e. The van der Waals surface area contributed by atoms with Crippen LogP contribution in [-0.2, 0) is 4.79 Å². The number of amides is 2. The van der Waals surface area contributed by atoms with Gasteiger partial charge in [-0.25, -0.2) is 4.79 Å². The third-order valence-electron chi connectivity index (χ3n) is 2.74. The highest BCUT2D eigenvalue weighted by molar-refractivity contribution is 5.97. The standard InChI is InChI=1S/C14H11N3O5/c1-21-9-2-3-11-8(6-9)7-10(14(20)22-11)13(19)17-16-12(18)4-5-15/h2-3,6-7H,4H2,1H3,(H,16,18)(H,17,19). The second-order valence-corrected chi connectivity index (χ2v) is 4.19. The van der Waals surface area contributed by atoms with Crippen LogP contribution in [0.3, 0.4) is 0 Å². The van der Waals surface area contributed by atoms with Crippen LogP contribution < -0.4 is 21.2 Å². The summed E-state index contributed by atoms with van der Waals surface area (Å²) in [6.07, 6.45) is -0.413. The number of carbonyl (C=O) groups excluding carboxylic acids is 2. The first-order valence-corrected chi connectivity index (χ1v) is 6.13. The van der Waals surface area contributed by atoms with Crippen LogP contribution in [0.4, 0.5) is 0 Å². The number of hydrogen-bond donors (Lipinski definition) is 2. The van der Waals surface area contributed by atoms with E-state index in [0.29, 0.717) is 16.7 Å². The Kier molecular flexibility index (Phi) is 4.38. The van der Waals surface area contributed by atoms with Crippen molar-refractivity contribution in [2.75, 3.05) is 7.11 Å². The van der Waals surface area contributed by atoms with Crippen molar-refractivity contribution in [2.45, 2.75) is 6.42 Å². The Morgan fingerprint density at radius 2 is 2.09 bits per heavy atom. The lowest BCUT2D eigenvalue weighted by Crippen LogP contribution is -2.42. The SMILES string of the molecule is COc1ccc2oc(=O)c(C(=O)NNC(=O)CC#N)cc2c1. The molecule has 2 amide bonds. The second kappa shape index (κ2) is 6.41. The molecular weight excluding hydrogens is 290 g/mol. The number of methoxy groups -OCH3 is 1. The summed E-state index contributed by atoms with van der Waals surface area (Å²) in [7, 11) is 1.48. The summed E-state index contributed by atoms with van der Waals surface area (Å²) in [4.78, 5) is 34.7. The first kappa shape index (κ1) is 15.1. The van der Waals surface area contributed by atoms with E-state index in [4.69, 9.17) is 14.4 Å². The van der Waals surface area contributed by atoms with Crippen molar-refractivity contribution in [3.8, 4) is 11.8 Å². The fourth-order valence-corrected chi connectivity index (χ4v) is 1.70. The van der Waals surface area contributed by atoms with Gasteiger partial charge in [-0.3, -0.25) is 20.4 Å². The lowest BCUT2D eigenvalue weighted by molar-refractivity contribution is -0.120. The summed E-state index contributed by atoms with van der Waals surface area (Å²) < 4.78 is 10.1. The van der Waals surface area contributed by atoms with Gasteiger partial charge in [-0.05, 0) is 24.3 Å². The molecule has 1 aromatic heterocycles. The number of hydrogen-bond acceptors (Lipinski definition) is 6. The molecule has 0 saturated carbocycles. The number of benzene rings is 1. The maximum Gasteiger partial charge on any atom is 0.349 e. The quantitative estimate of drug-likeness (QED) is 0.628. The summed E-state index contributed by atoms with van der Waals surface area (Å²) in [5.74, 6) is -0.998. The molecule has 0 radical (unpaired) electrons. The van der Waals surface area contributed by atoms with Crippen LogP contribution in [0, 0.1) is 11.3 Å². The summed E-state index contributed by atoms with van der Waals surface area (Å²) >= 11 is 0. The zero-order valence-corrected chi connectivity index (χ0v) is 11.5. The van der Waals surface area contributed by atoms with E-state index in [1.165, 1.54) is 13.2 Å². The molecule has 2 aromatic rings. The number of ether oxygens (including phenoxy) is 1. The molecule has 2 rings (SSSR count). The number of nitriles is 1. The lowest BCUT2D eigenvalue weighted by Gasteiger charge is -2.06. The molecule has 0 aliphatic rings. The lowest BCUT2D eigenvalue weighted by atomic mass is 10.1. The molecule has 0 aliphatic heterocycles. The van der Waals surface area contributed by atoms with E-state index in [1.54, 1.807) is 24.3 Å². The maximum atomic E-state index is 11.9. The van der Waals surface area contributed by atoms with Gasteiger partial charge in [-0.2, -0.15) is 5.26 Å². The zero-order valence-electron chi connectivity index (χ0n) is 11.5. The average Bonchev–Trinajstić information content (AvgIpc) is 2.51. The van der Waals surface area contributed by atoms with Crippen LogP contribution >= 0.6 is 0 Å². The van der Waals surface area contributed by atoms with Gasteiger partial charge >= 0.3 is 5.63 Å². The van der Waals surface area contributed by atoms with Crippen LogP contribution in [0.5, 0.6) is 5.75 Å². The molecule has 0 saturated heterocycles. The predicted molar refractivity (Wildman–Crippen MR) is 74.9 cm³/mol. The Morgan fingerprint density at radius 3 is 2.77 bits per heavy atom. The number of hydrazine groups is 1. The predicted octanol–water partition coefficient (Wildman–Crippen LogP) is 0.476. The molecule has 0 fully saturated rings. The summed E-state index contributed by atoms with van der Waals surface area (Å²) in [5.41, 5.74) is 3.23. The van der Waals surface area contributed by atoms with Crippen LogP contribution in [0.25, 0.3) is 11.0 Å². The second-order valence-electron chi connectivity index (χ2n) is 4.19. The normalized spacial score (nSPS) is 9.82. The van der Waals surface area contributed by atoms with Crippen molar-refractivity contribution in [1.82, 2.24) is 10.9 Å². The molecule has 0 atom stereocenters. The average molecular weight is 301 g/mol. The number of fused-ring (bicyclic) bond motifs is 1. The van der Waals surface area contributed by atoms with Crippen LogP contribution in [0.1, 0.15) is 16.8 Å². The molecule has 1 heterocycles. The van der Waals surface area contributed by atoms with Crippen molar-refractivity contribution in [2.24, 2.45) is 0 Å². The number of rotatable bonds is 3. The van der Waals surface area contributed by atoms with Gasteiger partial charge in [0.2, 0.25) is 0 Å². The highest BCUT2D eigenvalue weighted by Gasteiger charge is 2.14. The van der Waals surface area contributed by atoms with Crippen molar-refractivity contribution >= 4 is 22.8 Å². The summed E-state index contributed by atoms with van der Waals surface area (Å²) in [6.45, 7) is 0. The van der Waals surface area contributed by atoms with E-state index in [2.05, 4.69) is 0 Å². The van der Waals surface area contributed by atoms with Gasteiger partial charge in [-0.15, -0.1) is 0 Å². The molecule has 112 valence electrons. The van der Waals surface area contributed by atoms with Gasteiger partial charge in [0, 0.05) is 5.39 Å². The topological polar surface area (TPSA) is 121 Å². The minimum absolute atomic E-state index is 0.280. The fraction of sp³-hybridized carbons (Fsp3) is 0.143. The number of nitrogens with one attached hydrogen (secondary N) is 2. The Morgan fingerprint density at radius 1 is 1.32 bits per heavy atom. The number of carbonyl (C=O) groups is 2. The minimum Gasteiger partial charge on any atom is -0.497 e. The number of nitrogens with zero attached hydrogens (tertiary/aromatic N) is 1. The molecule has 22 heavy (non-hydrogen) atoms. The van der Waals surface area contributed by atoms with E-state index in [9.17, 15) is 14.4 Å². The molecule has 1 aromatic carbocycles. The van der Waals surface area contributed by atoms with Crippen molar-refractivity contribution in [3.05, 3.63) is 40.2 Å². The molecule has 8 heteroatoms. The molecule has 8 nitrogen and oxygen atoms in total. The molecule has 0 bridgehead atoms. The minimum atomic E-state index is -0.843. The van der Waals surface area contributed by atoms with Crippen LogP contribution in [0.2, 0.25) is 0 Å². The highest BCUT2D eigenvalue weighted by atomic mass is 16.5. The van der Waals surface area contributed by atoms with E-state index in [1.807, 2.05) is 10.9 Å². The molecule has 2 N–H and O–H groups in total. The Hall–Kier alpha value is -3.34. The van der Waals surface area contributed by atoms with Crippen molar-refractivity contribution < 1.29 is 18.7 Å². The van der Waals surface area contributed by atoms with Gasteiger partial charge in [0.05, 0.1) is 13.2 Å². The van der Waals surface area contributed by atoms with E-state index < -0.39 is 23.9 Å². The monoisotopic (exact) mass is 301 g/mol. The Labute approximate surface area is 124 Å². The summed E-state index contributed by atoms with van der Waals surface area (Å²) in [5, 5.41) is 8.82. The van der Waals surface area contributed by atoms with Crippen LogP contribution in [-0.4, -0.2) is 18.9 Å². The molecule has 0 spiro atoms. The van der Waals surface area contributed by atoms with E-state index in [0.717, 1.165) is 0 Å². The maximum absolute atomic E-state index is 11.9.